The van der Waals surface area contributed by atoms with Crippen LogP contribution >= 0.6 is 0 Å². The summed E-state index contributed by atoms with van der Waals surface area (Å²) < 4.78 is 42.6. The second-order valence-corrected chi connectivity index (χ2v) is 9.61. The predicted octanol–water partition coefficient (Wildman–Crippen LogP) is 2.46. The van der Waals surface area contributed by atoms with Gasteiger partial charge in [0.05, 0.1) is 17.1 Å². The zero-order chi connectivity index (χ0) is 22.1. The van der Waals surface area contributed by atoms with Crippen LogP contribution in [0.3, 0.4) is 0 Å². The highest BCUT2D eigenvalue weighted by Crippen LogP contribution is 2.23. The van der Waals surface area contributed by atoms with Gasteiger partial charge in [-0.2, -0.15) is 8.99 Å². The summed E-state index contributed by atoms with van der Waals surface area (Å²) in [7, 11) is -3.57. The first-order chi connectivity index (χ1) is 15.5. The van der Waals surface area contributed by atoms with Gasteiger partial charge in [0.15, 0.2) is 5.82 Å². The lowest BCUT2D eigenvalue weighted by molar-refractivity contribution is 0.177. The summed E-state index contributed by atoms with van der Waals surface area (Å²) in [5.41, 5.74) is 0.670. The van der Waals surface area contributed by atoms with Crippen LogP contribution in [0.5, 0.6) is 0 Å². The first-order valence-electron chi connectivity index (χ1n) is 10.3. The molecule has 1 fully saturated rings. The fourth-order valence-corrected chi connectivity index (χ4v) is 5.35. The van der Waals surface area contributed by atoms with Gasteiger partial charge in [-0.1, -0.05) is 30.3 Å². The quantitative estimate of drug-likeness (QED) is 0.463. The molecule has 0 N–H and O–H groups in total. The minimum atomic E-state index is -3.57. The van der Waals surface area contributed by atoms with Gasteiger partial charge in [-0.3, -0.25) is 4.90 Å². The SMILES string of the molecule is O=S(=O)(c1ccc2ccccc2c1)N1CCN(Cc2nnnn2-c2ccc(F)cc2)CC1. The fraction of sp³-hybridized carbons (Fsp3) is 0.227. The molecule has 0 radical (unpaired) electrons. The summed E-state index contributed by atoms with van der Waals surface area (Å²) in [4.78, 5) is 2.42. The second-order valence-electron chi connectivity index (χ2n) is 7.67. The summed E-state index contributed by atoms with van der Waals surface area (Å²) in [5.74, 6) is 0.287. The maximum atomic E-state index is 13.2. The smallest absolute Gasteiger partial charge is 0.243 e. The molecule has 5 rings (SSSR count). The van der Waals surface area contributed by atoms with E-state index in [9.17, 15) is 12.8 Å². The lowest BCUT2D eigenvalue weighted by Gasteiger charge is -2.33. The number of tetrazole rings is 1. The molecule has 1 aliphatic rings. The Morgan fingerprint density at radius 3 is 2.34 bits per heavy atom. The van der Waals surface area contributed by atoms with Crippen LogP contribution in [-0.2, 0) is 16.6 Å². The predicted molar refractivity (Wildman–Crippen MR) is 117 cm³/mol. The van der Waals surface area contributed by atoms with E-state index in [0.717, 1.165) is 10.8 Å². The Hall–Kier alpha value is -3.21. The standard InChI is InChI=1S/C22H21FN6O2S/c23-19-6-8-20(9-7-19)29-22(24-25-26-29)16-27-11-13-28(14-12-27)32(30,31)21-10-5-17-3-1-2-4-18(17)15-21/h1-10,15H,11-14,16H2. The third kappa shape index (κ3) is 3.99. The average molecular weight is 453 g/mol. The minimum absolute atomic E-state index is 0.310. The first-order valence-corrected chi connectivity index (χ1v) is 11.7. The number of sulfonamides is 1. The van der Waals surface area contributed by atoms with Crippen molar-refractivity contribution in [2.45, 2.75) is 11.4 Å². The molecule has 2 heterocycles. The maximum absolute atomic E-state index is 13.2. The van der Waals surface area contributed by atoms with E-state index >= 15 is 0 Å². The number of benzene rings is 3. The molecule has 0 saturated carbocycles. The molecule has 164 valence electrons. The Morgan fingerprint density at radius 1 is 0.875 bits per heavy atom. The molecule has 4 aromatic rings. The molecule has 0 amide bonds. The van der Waals surface area contributed by atoms with Gasteiger partial charge >= 0.3 is 0 Å². The van der Waals surface area contributed by atoms with Crippen LogP contribution in [0.25, 0.3) is 16.5 Å². The van der Waals surface area contributed by atoms with E-state index in [0.29, 0.717) is 49.1 Å². The van der Waals surface area contributed by atoms with E-state index in [-0.39, 0.29) is 5.82 Å². The van der Waals surface area contributed by atoms with Gasteiger partial charge in [0, 0.05) is 26.2 Å². The van der Waals surface area contributed by atoms with Crippen LogP contribution in [0.4, 0.5) is 4.39 Å². The van der Waals surface area contributed by atoms with Crippen molar-refractivity contribution in [2.75, 3.05) is 26.2 Å². The van der Waals surface area contributed by atoms with Crippen molar-refractivity contribution >= 4 is 20.8 Å². The van der Waals surface area contributed by atoms with Gasteiger partial charge in [0.25, 0.3) is 0 Å². The minimum Gasteiger partial charge on any atom is -0.293 e. The lowest BCUT2D eigenvalue weighted by Crippen LogP contribution is -2.48. The third-order valence-corrected chi connectivity index (χ3v) is 7.55. The number of hydrogen-bond acceptors (Lipinski definition) is 6. The zero-order valence-corrected chi connectivity index (χ0v) is 18.0. The molecule has 1 saturated heterocycles. The van der Waals surface area contributed by atoms with Crippen LogP contribution in [0.1, 0.15) is 5.82 Å². The highest BCUT2D eigenvalue weighted by atomic mass is 32.2. The summed E-state index contributed by atoms with van der Waals surface area (Å²) in [6, 6.07) is 18.9. The van der Waals surface area contributed by atoms with E-state index in [1.165, 1.54) is 16.4 Å². The van der Waals surface area contributed by atoms with Crippen LogP contribution < -0.4 is 0 Å². The van der Waals surface area contributed by atoms with Crippen LogP contribution in [0.2, 0.25) is 0 Å². The Kier molecular flexibility index (Phi) is 5.41. The Balaban J connectivity index is 1.27. The summed E-state index contributed by atoms with van der Waals surface area (Å²) in [6.07, 6.45) is 0. The van der Waals surface area contributed by atoms with E-state index in [1.807, 2.05) is 30.3 Å². The molecule has 32 heavy (non-hydrogen) atoms. The molecule has 0 bridgehead atoms. The second kappa shape index (κ2) is 8.38. The normalized spacial score (nSPS) is 15.9. The molecular weight excluding hydrogens is 431 g/mol. The van der Waals surface area contributed by atoms with E-state index in [2.05, 4.69) is 20.4 Å². The molecule has 0 spiro atoms. The molecule has 0 atom stereocenters. The van der Waals surface area contributed by atoms with Gasteiger partial charge in [0.1, 0.15) is 5.82 Å². The number of piperazine rings is 1. The number of nitrogens with zero attached hydrogens (tertiary/aromatic N) is 6. The number of fused-ring (bicyclic) bond motifs is 1. The number of aromatic nitrogens is 4. The zero-order valence-electron chi connectivity index (χ0n) is 17.2. The van der Waals surface area contributed by atoms with Crippen molar-refractivity contribution < 1.29 is 12.8 Å². The van der Waals surface area contributed by atoms with Crippen LogP contribution in [0.15, 0.2) is 71.6 Å². The first kappa shape index (κ1) is 20.7. The molecule has 10 heteroatoms. The van der Waals surface area contributed by atoms with E-state index in [4.69, 9.17) is 0 Å². The summed E-state index contributed by atoms with van der Waals surface area (Å²) in [6.45, 7) is 2.35. The Morgan fingerprint density at radius 2 is 1.59 bits per heavy atom. The van der Waals surface area contributed by atoms with Crippen LogP contribution in [0, 0.1) is 5.82 Å². The van der Waals surface area contributed by atoms with Gasteiger partial charge in [0.2, 0.25) is 10.0 Å². The lowest BCUT2D eigenvalue weighted by atomic mass is 10.1. The Labute approximate surface area is 184 Å². The largest absolute Gasteiger partial charge is 0.293 e. The third-order valence-electron chi connectivity index (χ3n) is 5.66. The molecule has 3 aromatic carbocycles. The molecule has 0 unspecified atom stereocenters. The van der Waals surface area contributed by atoms with Gasteiger partial charge in [-0.25, -0.2) is 12.8 Å². The number of hydrogen-bond donors (Lipinski definition) is 0. The topological polar surface area (TPSA) is 84.2 Å². The molecule has 1 aromatic heterocycles. The van der Waals surface area contributed by atoms with Crippen molar-refractivity contribution in [3.63, 3.8) is 0 Å². The molecule has 8 nitrogen and oxygen atoms in total. The van der Waals surface area contributed by atoms with Gasteiger partial charge < -0.3 is 0 Å². The molecular formula is C22H21FN6O2S. The monoisotopic (exact) mass is 452 g/mol. The van der Waals surface area contributed by atoms with Crippen molar-refractivity contribution in [3.05, 3.63) is 78.4 Å². The van der Waals surface area contributed by atoms with Gasteiger partial charge in [-0.05, 0) is 57.6 Å². The average Bonchev–Trinajstić information content (AvgIpc) is 3.27. The number of halogens is 1. The van der Waals surface area contributed by atoms with Crippen molar-refractivity contribution in [2.24, 2.45) is 0 Å². The van der Waals surface area contributed by atoms with E-state index in [1.54, 1.807) is 28.9 Å². The number of rotatable bonds is 5. The van der Waals surface area contributed by atoms with Gasteiger partial charge in [-0.15, -0.1) is 5.10 Å². The summed E-state index contributed by atoms with van der Waals surface area (Å²) >= 11 is 0. The summed E-state index contributed by atoms with van der Waals surface area (Å²) in [5, 5.41) is 13.7. The van der Waals surface area contributed by atoms with E-state index < -0.39 is 10.0 Å². The van der Waals surface area contributed by atoms with Crippen LogP contribution in [-0.4, -0.2) is 64.0 Å². The van der Waals surface area contributed by atoms with Crippen molar-refractivity contribution in [1.29, 1.82) is 0 Å². The van der Waals surface area contributed by atoms with Crippen molar-refractivity contribution in [3.8, 4) is 5.69 Å². The highest BCUT2D eigenvalue weighted by Gasteiger charge is 2.29. The maximum Gasteiger partial charge on any atom is 0.243 e. The fourth-order valence-electron chi connectivity index (χ4n) is 3.89. The Bertz CT molecular complexity index is 1350. The molecule has 1 aliphatic heterocycles. The van der Waals surface area contributed by atoms with Crippen molar-refractivity contribution in [1.82, 2.24) is 29.4 Å². The highest BCUT2D eigenvalue weighted by molar-refractivity contribution is 7.89. The molecule has 0 aliphatic carbocycles.